The standard InChI is InChI=1S/C19H25N3O5S2/c23-18(7-11-26-13-14-4-3-10-27-14)21-19-20-16-6-5-15(12-17(16)28-19)29(24,25)22-8-1-2-9-22/h5-6,12,14H,1-4,7-11,13H2,(H,20,21,23). The van der Waals surface area contributed by atoms with Gasteiger partial charge in [-0.25, -0.2) is 13.4 Å². The second kappa shape index (κ2) is 9.05. The van der Waals surface area contributed by atoms with Gasteiger partial charge in [-0.2, -0.15) is 4.31 Å². The quantitative estimate of drug-likeness (QED) is 0.635. The minimum absolute atomic E-state index is 0.147. The lowest BCUT2D eigenvalue weighted by Gasteiger charge is -2.15. The van der Waals surface area contributed by atoms with E-state index in [1.165, 1.54) is 15.6 Å². The summed E-state index contributed by atoms with van der Waals surface area (Å²) in [4.78, 5) is 16.8. The molecular weight excluding hydrogens is 414 g/mol. The Morgan fingerprint density at radius 3 is 2.90 bits per heavy atom. The molecular formula is C19H25N3O5S2. The third-order valence-corrected chi connectivity index (χ3v) is 7.94. The van der Waals surface area contributed by atoms with Crippen LogP contribution in [-0.4, -0.2) is 62.6 Å². The van der Waals surface area contributed by atoms with Crippen LogP contribution in [0.25, 0.3) is 10.2 Å². The molecule has 4 rings (SSSR count). The van der Waals surface area contributed by atoms with Gasteiger partial charge < -0.3 is 14.8 Å². The van der Waals surface area contributed by atoms with Crippen molar-refractivity contribution in [2.45, 2.75) is 43.1 Å². The molecule has 8 nitrogen and oxygen atoms in total. The first-order chi connectivity index (χ1) is 14.0. The molecule has 0 bridgehead atoms. The number of fused-ring (bicyclic) bond motifs is 1. The second-order valence-electron chi connectivity index (χ2n) is 7.27. The smallest absolute Gasteiger partial charge is 0.243 e. The summed E-state index contributed by atoms with van der Waals surface area (Å²) in [7, 11) is -3.47. The Kier molecular flexibility index (Phi) is 6.45. The summed E-state index contributed by atoms with van der Waals surface area (Å²) in [5.41, 5.74) is 0.667. The van der Waals surface area contributed by atoms with Crippen molar-refractivity contribution in [1.29, 1.82) is 0 Å². The molecule has 2 fully saturated rings. The molecule has 1 unspecified atom stereocenters. The summed E-state index contributed by atoms with van der Waals surface area (Å²) >= 11 is 1.27. The van der Waals surface area contributed by atoms with Gasteiger partial charge in [-0.15, -0.1) is 0 Å². The molecule has 0 radical (unpaired) electrons. The predicted octanol–water partition coefficient (Wildman–Crippen LogP) is 2.61. The van der Waals surface area contributed by atoms with Crippen LogP contribution in [0.5, 0.6) is 0 Å². The Labute approximate surface area is 174 Å². The minimum Gasteiger partial charge on any atom is -0.378 e. The molecule has 10 heteroatoms. The number of amides is 1. The molecule has 29 heavy (non-hydrogen) atoms. The number of hydrogen-bond donors (Lipinski definition) is 1. The maximum absolute atomic E-state index is 12.7. The van der Waals surface area contributed by atoms with Crippen LogP contribution < -0.4 is 5.32 Å². The molecule has 2 aliphatic rings. The molecule has 2 saturated heterocycles. The van der Waals surface area contributed by atoms with Gasteiger partial charge in [0.2, 0.25) is 15.9 Å². The highest BCUT2D eigenvalue weighted by molar-refractivity contribution is 7.89. The summed E-state index contributed by atoms with van der Waals surface area (Å²) in [5.74, 6) is -0.179. The Hall–Kier alpha value is -1.59. The topological polar surface area (TPSA) is 97.8 Å². The summed E-state index contributed by atoms with van der Waals surface area (Å²) in [6, 6.07) is 4.91. The maximum atomic E-state index is 12.7. The summed E-state index contributed by atoms with van der Waals surface area (Å²) < 4.78 is 38.7. The van der Waals surface area contributed by atoms with Crippen LogP contribution in [0.3, 0.4) is 0 Å². The minimum atomic E-state index is -3.47. The normalized spacial score (nSPS) is 20.5. The average Bonchev–Trinajstić information content (AvgIpc) is 3.46. The highest BCUT2D eigenvalue weighted by atomic mass is 32.2. The fourth-order valence-corrected chi connectivity index (χ4v) is 6.07. The fourth-order valence-electron chi connectivity index (χ4n) is 3.53. The SMILES string of the molecule is O=C(CCOCC1CCCO1)Nc1nc2ccc(S(=O)(=O)N3CCCC3)cc2s1. The molecule has 0 saturated carbocycles. The Morgan fingerprint density at radius 2 is 2.14 bits per heavy atom. The first-order valence-corrected chi connectivity index (χ1v) is 12.2. The number of aromatic nitrogens is 1. The van der Waals surface area contributed by atoms with E-state index >= 15 is 0 Å². The van der Waals surface area contributed by atoms with E-state index in [4.69, 9.17) is 9.47 Å². The number of rotatable bonds is 8. The van der Waals surface area contributed by atoms with Crippen LogP contribution in [-0.2, 0) is 24.3 Å². The van der Waals surface area contributed by atoms with E-state index in [0.29, 0.717) is 37.0 Å². The average molecular weight is 440 g/mol. The van der Waals surface area contributed by atoms with Crippen molar-refractivity contribution in [3.05, 3.63) is 18.2 Å². The van der Waals surface area contributed by atoms with E-state index in [9.17, 15) is 13.2 Å². The van der Waals surface area contributed by atoms with Gasteiger partial charge in [0.15, 0.2) is 5.13 Å². The lowest BCUT2D eigenvalue weighted by Crippen LogP contribution is -2.27. The lowest BCUT2D eigenvalue weighted by molar-refractivity contribution is -0.117. The Balaban J connectivity index is 1.34. The molecule has 2 aromatic rings. The van der Waals surface area contributed by atoms with Crippen molar-refractivity contribution in [2.24, 2.45) is 0 Å². The van der Waals surface area contributed by atoms with Crippen molar-refractivity contribution in [2.75, 3.05) is 38.2 Å². The van der Waals surface area contributed by atoms with Crippen LogP contribution in [0.2, 0.25) is 0 Å². The molecule has 158 valence electrons. The van der Waals surface area contributed by atoms with Gasteiger partial charge >= 0.3 is 0 Å². The molecule has 1 aromatic heterocycles. The summed E-state index contributed by atoms with van der Waals surface area (Å²) in [6.45, 7) is 2.77. The summed E-state index contributed by atoms with van der Waals surface area (Å²) in [6.07, 6.45) is 4.25. The van der Waals surface area contributed by atoms with Gasteiger partial charge in [-0.05, 0) is 43.9 Å². The largest absolute Gasteiger partial charge is 0.378 e. The van der Waals surface area contributed by atoms with Crippen LogP contribution in [0, 0.1) is 0 Å². The molecule has 0 spiro atoms. The summed E-state index contributed by atoms with van der Waals surface area (Å²) in [5, 5.41) is 3.23. The maximum Gasteiger partial charge on any atom is 0.243 e. The number of benzene rings is 1. The zero-order valence-electron chi connectivity index (χ0n) is 16.1. The number of ether oxygens (including phenoxy) is 2. The monoisotopic (exact) mass is 439 g/mol. The second-order valence-corrected chi connectivity index (χ2v) is 10.2. The van der Waals surface area contributed by atoms with Crippen molar-refractivity contribution in [3.8, 4) is 0 Å². The van der Waals surface area contributed by atoms with E-state index in [1.54, 1.807) is 18.2 Å². The van der Waals surface area contributed by atoms with Crippen LogP contribution in [0.4, 0.5) is 5.13 Å². The van der Waals surface area contributed by atoms with E-state index < -0.39 is 10.0 Å². The highest BCUT2D eigenvalue weighted by Gasteiger charge is 2.27. The van der Waals surface area contributed by atoms with Gasteiger partial charge in [-0.1, -0.05) is 11.3 Å². The van der Waals surface area contributed by atoms with Crippen molar-refractivity contribution in [1.82, 2.24) is 9.29 Å². The number of sulfonamides is 1. The van der Waals surface area contributed by atoms with Gasteiger partial charge in [0, 0.05) is 19.7 Å². The molecule has 1 amide bonds. The van der Waals surface area contributed by atoms with E-state index in [-0.39, 0.29) is 23.3 Å². The van der Waals surface area contributed by atoms with Crippen LogP contribution in [0.15, 0.2) is 23.1 Å². The van der Waals surface area contributed by atoms with Crippen molar-refractivity contribution in [3.63, 3.8) is 0 Å². The van der Waals surface area contributed by atoms with Gasteiger partial charge in [0.1, 0.15) is 0 Å². The van der Waals surface area contributed by atoms with Crippen LogP contribution >= 0.6 is 11.3 Å². The van der Waals surface area contributed by atoms with E-state index in [0.717, 1.165) is 37.0 Å². The molecule has 1 atom stereocenters. The number of carbonyl (C=O) groups excluding carboxylic acids is 1. The highest BCUT2D eigenvalue weighted by Crippen LogP contribution is 2.30. The third-order valence-electron chi connectivity index (χ3n) is 5.11. The van der Waals surface area contributed by atoms with E-state index in [1.807, 2.05) is 0 Å². The van der Waals surface area contributed by atoms with E-state index in [2.05, 4.69) is 10.3 Å². The predicted molar refractivity (Wildman–Crippen MR) is 111 cm³/mol. The van der Waals surface area contributed by atoms with Gasteiger partial charge in [-0.3, -0.25) is 4.79 Å². The molecule has 1 aromatic carbocycles. The third kappa shape index (κ3) is 4.95. The molecule has 0 aliphatic carbocycles. The molecule has 2 aliphatic heterocycles. The Morgan fingerprint density at radius 1 is 1.31 bits per heavy atom. The first-order valence-electron chi connectivity index (χ1n) is 9.92. The number of nitrogens with zero attached hydrogens (tertiary/aromatic N) is 2. The molecule has 3 heterocycles. The number of hydrogen-bond acceptors (Lipinski definition) is 7. The number of nitrogens with one attached hydrogen (secondary N) is 1. The zero-order valence-corrected chi connectivity index (χ0v) is 17.8. The van der Waals surface area contributed by atoms with Crippen molar-refractivity contribution < 1.29 is 22.7 Å². The lowest BCUT2D eigenvalue weighted by atomic mass is 10.2. The number of thiazole rings is 1. The number of carbonyl (C=O) groups is 1. The fraction of sp³-hybridized carbons (Fsp3) is 0.579. The molecule has 1 N–H and O–H groups in total. The van der Waals surface area contributed by atoms with Crippen molar-refractivity contribution >= 4 is 42.6 Å². The first kappa shape index (κ1) is 20.7. The zero-order chi connectivity index (χ0) is 20.3. The van der Waals surface area contributed by atoms with Gasteiger partial charge in [0.25, 0.3) is 0 Å². The number of anilines is 1. The van der Waals surface area contributed by atoms with Gasteiger partial charge in [0.05, 0.1) is 40.9 Å². The Bertz CT molecular complexity index is 963. The van der Waals surface area contributed by atoms with Crippen LogP contribution in [0.1, 0.15) is 32.1 Å².